The van der Waals surface area contributed by atoms with Crippen LogP contribution in [0.25, 0.3) is 0 Å². The smallest absolute Gasteiger partial charge is 0.279 e. The molecule has 2 aromatic rings. The number of anilines is 2. The van der Waals surface area contributed by atoms with Crippen LogP contribution in [0.4, 0.5) is 11.4 Å². The lowest BCUT2D eigenvalue weighted by atomic mass is 10.3. The van der Waals surface area contributed by atoms with Crippen molar-refractivity contribution < 1.29 is 19.2 Å². The first-order valence-corrected chi connectivity index (χ1v) is 8.23. The molecule has 0 bridgehead atoms. The number of quaternary nitrogens is 1. The zero-order chi connectivity index (χ0) is 18.1. The van der Waals surface area contributed by atoms with Crippen LogP contribution >= 0.6 is 0 Å². The molecule has 25 heavy (non-hydrogen) atoms. The summed E-state index contributed by atoms with van der Waals surface area (Å²) < 4.78 is 5.22. The first kappa shape index (κ1) is 18.5. The molecule has 2 aromatic carbocycles. The van der Waals surface area contributed by atoms with Gasteiger partial charge >= 0.3 is 0 Å². The molecule has 0 saturated carbocycles. The van der Waals surface area contributed by atoms with Crippen molar-refractivity contribution in [2.75, 3.05) is 37.4 Å². The zero-order valence-corrected chi connectivity index (χ0v) is 14.5. The Morgan fingerprint density at radius 2 is 1.52 bits per heavy atom. The monoisotopic (exact) mass is 342 g/mol. The van der Waals surface area contributed by atoms with Crippen molar-refractivity contribution in [1.29, 1.82) is 0 Å². The molecule has 6 heteroatoms. The van der Waals surface area contributed by atoms with E-state index in [-0.39, 0.29) is 24.9 Å². The highest BCUT2D eigenvalue weighted by Gasteiger charge is 2.17. The van der Waals surface area contributed by atoms with Crippen molar-refractivity contribution in [2.24, 2.45) is 0 Å². The lowest BCUT2D eigenvalue weighted by Crippen LogP contribution is -3.13. The van der Waals surface area contributed by atoms with Gasteiger partial charge in [0.1, 0.15) is 5.75 Å². The molecule has 0 aromatic heterocycles. The van der Waals surface area contributed by atoms with Crippen molar-refractivity contribution in [2.45, 2.75) is 6.92 Å². The lowest BCUT2D eigenvalue weighted by molar-refractivity contribution is -0.881. The molecule has 0 heterocycles. The maximum Gasteiger partial charge on any atom is 0.279 e. The molecule has 6 nitrogen and oxygen atoms in total. The molecule has 2 rings (SSSR count). The fourth-order valence-electron chi connectivity index (χ4n) is 2.44. The predicted molar refractivity (Wildman–Crippen MR) is 97.9 cm³/mol. The second-order valence-electron chi connectivity index (χ2n) is 5.62. The van der Waals surface area contributed by atoms with Crippen LogP contribution in [0, 0.1) is 0 Å². The van der Waals surface area contributed by atoms with E-state index in [1.165, 1.54) is 0 Å². The van der Waals surface area contributed by atoms with E-state index >= 15 is 0 Å². The maximum absolute atomic E-state index is 12.3. The van der Waals surface area contributed by atoms with E-state index in [4.69, 9.17) is 4.74 Å². The van der Waals surface area contributed by atoms with Gasteiger partial charge in [0.2, 0.25) is 0 Å². The second kappa shape index (κ2) is 9.44. The van der Waals surface area contributed by atoms with Crippen LogP contribution in [0.2, 0.25) is 0 Å². The molecule has 0 aliphatic carbocycles. The van der Waals surface area contributed by atoms with E-state index in [1.54, 1.807) is 19.2 Å². The van der Waals surface area contributed by atoms with Crippen LogP contribution in [0.5, 0.6) is 5.75 Å². The van der Waals surface area contributed by atoms with E-state index in [0.29, 0.717) is 18.0 Å². The molecular weight excluding hydrogens is 318 g/mol. The number of para-hydroxylation sites is 3. The molecule has 0 spiro atoms. The van der Waals surface area contributed by atoms with Crippen molar-refractivity contribution in [1.82, 2.24) is 0 Å². The summed E-state index contributed by atoms with van der Waals surface area (Å²) in [5.41, 5.74) is 1.38. The third-order valence-corrected chi connectivity index (χ3v) is 3.76. The van der Waals surface area contributed by atoms with E-state index < -0.39 is 0 Å². The maximum atomic E-state index is 12.3. The Kier molecular flexibility index (Phi) is 6.98. The lowest BCUT2D eigenvalue weighted by Gasteiger charge is -2.17. The summed E-state index contributed by atoms with van der Waals surface area (Å²) in [7, 11) is 1.56. The Bertz CT molecular complexity index is 704. The van der Waals surface area contributed by atoms with Crippen LogP contribution < -0.4 is 20.3 Å². The molecular formula is C19H24N3O3+. The summed E-state index contributed by atoms with van der Waals surface area (Å²) in [5, 5.41) is 5.67. The van der Waals surface area contributed by atoms with Gasteiger partial charge in [0.25, 0.3) is 11.8 Å². The Labute approximate surface area is 147 Å². The van der Waals surface area contributed by atoms with Crippen LogP contribution in [0.1, 0.15) is 6.92 Å². The number of hydrogen-bond donors (Lipinski definition) is 3. The zero-order valence-electron chi connectivity index (χ0n) is 14.5. The van der Waals surface area contributed by atoms with Crippen LogP contribution in [-0.4, -0.2) is 38.6 Å². The summed E-state index contributed by atoms with van der Waals surface area (Å²) in [6.07, 6.45) is 0. The topological polar surface area (TPSA) is 71.9 Å². The highest BCUT2D eigenvalue weighted by atomic mass is 16.5. The van der Waals surface area contributed by atoms with Crippen molar-refractivity contribution >= 4 is 23.2 Å². The van der Waals surface area contributed by atoms with Crippen LogP contribution in [0.3, 0.4) is 0 Å². The van der Waals surface area contributed by atoms with E-state index in [9.17, 15) is 9.59 Å². The quantitative estimate of drug-likeness (QED) is 0.674. The number of benzene rings is 2. The molecule has 1 atom stereocenters. The van der Waals surface area contributed by atoms with Crippen LogP contribution in [-0.2, 0) is 9.59 Å². The number of carbonyl (C=O) groups is 2. The number of likely N-dealkylation sites (N-methyl/N-ethyl adjacent to an activating group) is 1. The third kappa shape index (κ3) is 5.93. The second-order valence-corrected chi connectivity index (χ2v) is 5.62. The van der Waals surface area contributed by atoms with E-state index in [1.807, 2.05) is 49.4 Å². The number of ether oxygens (including phenoxy) is 1. The summed E-state index contributed by atoms with van der Waals surface area (Å²) in [6.45, 7) is 3.05. The Balaban J connectivity index is 1.88. The average Bonchev–Trinajstić information content (AvgIpc) is 2.62. The predicted octanol–water partition coefficient (Wildman–Crippen LogP) is 1.18. The number of nitrogens with one attached hydrogen (secondary N) is 3. The number of carbonyl (C=O) groups excluding carboxylic acids is 2. The number of amides is 2. The molecule has 0 aliphatic heterocycles. The summed E-state index contributed by atoms with van der Waals surface area (Å²) in [4.78, 5) is 25.3. The standard InChI is InChI=1S/C19H23N3O3/c1-3-22(13-18(23)20-15-9-5-4-6-10-15)14-19(24)21-16-11-7-8-12-17(16)25-2/h4-12H,3,13-14H2,1-2H3,(H,20,23)(H,21,24)/p+1. The molecule has 3 N–H and O–H groups in total. The number of methoxy groups -OCH3 is 1. The SMILES string of the molecule is CC[NH+](CC(=O)Nc1ccccc1)CC(=O)Nc1ccccc1OC. The largest absolute Gasteiger partial charge is 0.495 e. The minimum atomic E-state index is -0.158. The molecule has 0 saturated heterocycles. The highest BCUT2D eigenvalue weighted by molar-refractivity contribution is 5.94. The molecule has 1 unspecified atom stereocenters. The Morgan fingerprint density at radius 1 is 0.920 bits per heavy atom. The minimum Gasteiger partial charge on any atom is -0.495 e. The van der Waals surface area contributed by atoms with Gasteiger partial charge in [-0.2, -0.15) is 0 Å². The molecule has 132 valence electrons. The van der Waals surface area contributed by atoms with E-state index in [0.717, 1.165) is 10.6 Å². The third-order valence-electron chi connectivity index (χ3n) is 3.76. The molecule has 0 fully saturated rings. The summed E-state index contributed by atoms with van der Waals surface area (Å²) in [5.74, 6) is 0.331. The minimum absolute atomic E-state index is 0.117. The molecule has 2 amide bonds. The number of rotatable bonds is 8. The first-order chi connectivity index (χ1) is 12.1. The van der Waals surface area contributed by atoms with Gasteiger partial charge in [0.15, 0.2) is 13.1 Å². The fraction of sp³-hybridized carbons (Fsp3) is 0.263. The summed E-state index contributed by atoms with van der Waals surface area (Å²) >= 11 is 0. The normalized spacial score (nSPS) is 11.4. The van der Waals surface area contributed by atoms with Crippen molar-refractivity contribution in [3.63, 3.8) is 0 Å². The van der Waals surface area contributed by atoms with Gasteiger partial charge in [-0.3, -0.25) is 9.59 Å². The first-order valence-electron chi connectivity index (χ1n) is 8.23. The average molecular weight is 342 g/mol. The van der Waals surface area contributed by atoms with Gasteiger partial charge in [-0.15, -0.1) is 0 Å². The van der Waals surface area contributed by atoms with Gasteiger partial charge in [-0.25, -0.2) is 0 Å². The van der Waals surface area contributed by atoms with Crippen LogP contribution in [0.15, 0.2) is 54.6 Å². The van der Waals surface area contributed by atoms with Gasteiger partial charge < -0.3 is 20.3 Å². The Hall–Kier alpha value is -2.86. The number of hydrogen-bond acceptors (Lipinski definition) is 3. The van der Waals surface area contributed by atoms with E-state index in [2.05, 4.69) is 10.6 Å². The van der Waals surface area contributed by atoms with Crippen molar-refractivity contribution in [3.8, 4) is 5.75 Å². The van der Waals surface area contributed by atoms with Gasteiger partial charge in [-0.05, 0) is 31.2 Å². The Morgan fingerprint density at radius 3 is 2.16 bits per heavy atom. The molecule has 0 aliphatic rings. The molecule has 0 radical (unpaired) electrons. The highest BCUT2D eigenvalue weighted by Crippen LogP contribution is 2.22. The fourth-order valence-corrected chi connectivity index (χ4v) is 2.44. The van der Waals surface area contributed by atoms with Gasteiger partial charge in [-0.1, -0.05) is 30.3 Å². The van der Waals surface area contributed by atoms with Gasteiger partial charge in [0, 0.05) is 5.69 Å². The summed E-state index contributed by atoms with van der Waals surface area (Å²) in [6, 6.07) is 16.5. The van der Waals surface area contributed by atoms with Gasteiger partial charge in [0.05, 0.1) is 19.3 Å². The van der Waals surface area contributed by atoms with Crippen molar-refractivity contribution in [3.05, 3.63) is 54.6 Å².